The van der Waals surface area contributed by atoms with Gasteiger partial charge in [0.2, 0.25) is 11.8 Å². The normalized spacial score (nSPS) is 10.6. The zero-order valence-corrected chi connectivity index (χ0v) is 11.9. The fourth-order valence-corrected chi connectivity index (χ4v) is 2.23. The van der Waals surface area contributed by atoms with Gasteiger partial charge >= 0.3 is 0 Å². The van der Waals surface area contributed by atoms with Crippen LogP contribution in [0.1, 0.15) is 5.56 Å². The smallest absolute Gasteiger partial charge is 0.248 e. The van der Waals surface area contributed by atoms with Crippen molar-refractivity contribution in [3.8, 4) is 22.9 Å². The van der Waals surface area contributed by atoms with Gasteiger partial charge in [0.15, 0.2) is 0 Å². The van der Waals surface area contributed by atoms with Gasteiger partial charge in [-0.2, -0.15) is 0 Å². The second-order valence-corrected chi connectivity index (χ2v) is 5.05. The number of benzene rings is 2. The van der Waals surface area contributed by atoms with Crippen LogP contribution in [0.2, 0.25) is 0 Å². The summed E-state index contributed by atoms with van der Waals surface area (Å²) in [7, 11) is 0. The SMILES string of the molecule is Cc1c(Br)cccc1-c1nnc(-c2ccccc2)o1. The lowest BCUT2D eigenvalue weighted by atomic mass is 10.1. The third-order valence-electron chi connectivity index (χ3n) is 2.94. The maximum absolute atomic E-state index is 5.75. The molecule has 0 aliphatic rings. The number of nitrogens with zero attached hydrogens (tertiary/aromatic N) is 2. The van der Waals surface area contributed by atoms with Gasteiger partial charge in [0.25, 0.3) is 0 Å². The van der Waals surface area contributed by atoms with Crippen LogP contribution in [0.3, 0.4) is 0 Å². The molecule has 0 aliphatic carbocycles. The third-order valence-corrected chi connectivity index (χ3v) is 3.80. The lowest BCUT2D eigenvalue weighted by Crippen LogP contribution is -1.84. The molecule has 0 saturated carbocycles. The van der Waals surface area contributed by atoms with Gasteiger partial charge in [-0.1, -0.05) is 40.2 Å². The summed E-state index contributed by atoms with van der Waals surface area (Å²) < 4.78 is 6.78. The lowest BCUT2D eigenvalue weighted by Gasteiger charge is -2.02. The minimum absolute atomic E-state index is 0.537. The van der Waals surface area contributed by atoms with Gasteiger partial charge < -0.3 is 4.42 Å². The van der Waals surface area contributed by atoms with Crippen LogP contribution < -0.4 is 0 Å². The molecule has 0 unspecified atom stereocenters. The van der Waals surface area contributed by atoms with E-state index in [0.717, 1.165) is 21.2 Å². The Morgan fingerprint density at radius 3 is 2.42 bits per heavy atom. The molecule has 3 nitrogen and oxygen atoms in total. The van der Waals surface area contributed by atoms with Crippen LogP contribution in [0.25, 0.3) is 22.9 Å². The topological polar surface area (TPSA) is 38.9 Å². The van der Waals surface area contributed by atoms with E-state index >= 15 is 0 Å². The second-order valence-electron chi connectivity index (χ2n) is 4.19. The van der Waals surface area contributed by atoms with E-state index in [2.05, 4.69) is 26.1 Å². The third kappa shape index (κ3) is 2.31. The van der Waals surface area contributed by atoms with Crippen LogP contribution in [0.5, 0.6) is 0 Å². The Morgan fingerprint density at radius 2 is 1.63 bits per heavy atom. The van der Waals surface area contributed by atoms with E-state index in [1.807, 2.05) is 55.5 Å². The molecule has 0 aliphatic heterocycles. The molecule has 1 aromatic heterocycles. The zero-order valence-electron chi connectivity index (χ0n) is 10.3. The Bertz CT molecular complexity index is 707. The first-order chi connectivity index (χ1) is 9.25. The van der Waals surface area contributed by atoms with E-state index in [1.165, 1.54) is 0 Å². The molecular formula is C15H11BrN2O. The quantitative estimate of drug-likeness (QED) is 0.700. The summed E-state index contributed by atoms with van der Waals surface area (Å²) in [5, 5.41) is 8.23. The fourth-order valence-electron chi connectivity index (χ4n) is 1.87. The molecule has 0 atom stereocenters. The highest BCUT2D eigenvalue weighted by atomic mass is 79.9. The Balaban J connectivity index is 2.05. The van der Waals surface area contributed by atoms with Gasteiger partial charge in [0.1, 0.15) is 0 Å². The molecule has 0 spiro atoms. The van der Waals surface area contributed by atoms with Crippen LogP contribution in [-0.2, 0) is 0 Å². The number of aromatic nitrogens is 2. The van der Waals surface area contributed by atoms with Crippen molar-refractivity contribution in [2.45, 2.75) is 6.92 Å². The molecule has 0 radical (unpaired) electrons. The van der Waals surface area contributed by atoms with Crippen LogP contribution >= 0.6 is 15.9 Å². The molecule has 0 amide bonds. The van der Waals surface area contributed by atoms with Gasteiger partial charge in [-0.3, -0.25) is 0 Å². The average molecular weight is 315 g/mol. The highest BCUT2D eigenvalue weighted by Crippen LogP contribution is 2.29. The summed E-state index contributed by atoms with van der Waals surface area (Å²) in [5.74, 6) is 1.08. The highest BCUT2D eigenvalue weighted by molar-refractivity contribution is 9.10. The maximum Gasteiger partial charge on any atom is 0.248 e. The molecule has 0 saturated heterocycles. The van der Waals surface area contributed by atoms with E-state index in [1.54, 1.807) is 0 Å². The zero-order chi connectivity index (χ0) is 13.2. The lowest BCUT2D eigenvalue weighted by molar-refractivity contribution is 0.584. The summed E-state index contributed by atoms with van der Waals surface area (Å²) in [4.78, 5) is 0. The van der Waals surface area contributed by atoms with Gasteiger partial charge in [0.05, 0.1) is 0 Å². The van der Waals surface area contributed by atoms with E-state index in [0.29, 0.717) is 11.8 Å². The number of rotatable bonds is 2. The fraction of sp³-hybridized carbons (Fsp3) is 0.0667. The van der Waals surface area contributed by atoms with Crippen molar-refractivity contribution >= 4 is 15.9 Å². The molecule has 94 valence electrons. The Hall–Kier alpha value is -1.94. The molecule has 0 N–H and O–H groups in total. The first-order valence-electron chi connectivity index (χ1n) is 5.90. The Morgan fingerprint density at radius 1 is 0.895 bits per heavy atom. The minimum atomic E-state index is 0.537. The van der Waals surface area contributed by atoms with Crippen LogP contribution in [0.4, 0.5) is 0 Å². The molecule has 4 heteroatoms. The van der Waals surface area contributed by atoms with Crippen molar-refractivity contribution in [1.29, 1.82) is 0 Å². The minimum Gasteiger partial charge on any atom is -0.416 e. The first kappa shape index (κ1) is 12.1. The Kier molecular flexibility index (Phi) is 3.17. The summed E-state index contributed by atoms with van der Waals surface area (Å²) in [6, 6.07) is 15.7. The Labute approximate surface area is 119 Å². The molecule has 2 aromatic carbocycles. The van der Waals surface area contributed by atoms with Crippen molar-refractivity contribution in [2.24, 2.45) is 0 Å². The predicted octanol–water partition coefficient (Wildman–Crippen LogP) is 4.47. The number of hydrogen-bond donors (Lipinski definition) is 0. The van der Waals surface area contributed by atoms with Gasteiger partial charge in [-0.05, 0) is 36.8 Å². The summed E-state index contributed by atoms with van der Waals surface area (Å²) in [5.41, 5.74) is 2.96. The van der Waals surface area contributed by atoms with Crippen molar-refractivity contribution in [2.75, 3.05) is 0 Å². The van der Waals surface area contributed by atoms with Crippen molar-refractivity contribution < 1.29 is 4.42 Å². The molecular weight excluding hydrogens is 304 g/mol. The number of hydrogen-bond acceptors (Lipinski definition) is 3. The standard InChI is InChI=1S/C15H11BrN2O/c1-10-12(8-5-9-13(10)16)15-18-17-14(19-15)11-6-3-2-4-7-11/h2-9H,1H3. The van der Waals surface area contributed by atoms with Gasteiger partial charge in [0, 0.05) is 15.6 Å². The van der Waals surface area contributed by atoms with E-state index in [4.69, 9.17) is 4.42 Å². The second kappa shape index (κ2) is 4.97. The van der Waals surface area contributed by atoms with Gasteiger partial charge in [-0.15, -0.1) is 10.2 Å². The number of halogens is 1. The molecule has 3 rings (SSSR count). The van der Waals surface area contributed by atoms with Crippen LogP contribution in [0, 0.1) is 6.92 Å². The van der Waals surface area contributed by atoms with Crippen molar-refractivity contribution in [3.05, 3.63) is 58.6 Å². The molecule has 19 heavy (non-hydrogen) atoms. The van der Waals surface area contributed by atoms with Crippen molar-refractivity contribution in [1.82, 2.24) is 10.2 Å². The van der Waals surface area contributed by atoms with E-state index in [-0.39, 0.29) is 0 Å². The van der Waals surface area contributed by atoms with Gasteiger partial charge in [-0.25, -0.2) is 0 Å². The summed E-state index contributed by atoms with van der Waals surface area (Å²) >= 11 is 3.51. The van der Waals surface area contributed by atoms with Crippen molar-refractivity contribution in [3.63, 3.8) is 0 Å². The monoisotopic (exact) mass is 314 g/mol. The largest absolute Gasteiger partial charge is 0.416 e. The van der Waals surface area contributed by atoms with E-state index < -0.39 is 0 Å². The first-order valence-corrected chi connectivity index (χ1v) is 6.69. The van der Waals surface area contributed by atoms with E-state index in [9.17, 15) is 0 Å². The average Bonchev–Trinajstić information content (AvgIpc) is 2.92. The highest BCUT2D eigenvalue weighted by Gasteiger charge is 2.13. The molecule has 1 heterocycles. The van der Waals surface area contributed by atoms with Crippen LogP contribution in [-0.4, -0.2) is 10.2 Å². The molecule has 0 bridgehead atoms. The maximum atomic E-state index is 5.75. The van der Waals surface area contributed by atoms with Crippen LogP contribution in [0.15, 0.2) is 57.4 Å². The summed E-state index contributed by atoms with van der Waals surface area (Å²) in [6.45, 7) is 2.02. The summed E-state index contributed by atoms with van der Waals surface area (Å²) in [6.07, 6.45) is 0. The molecule has 0 fully saturated rings. The predicted molar refractivity (Wildman–Crippen MR) is 77.6 cm³/mol. The molecule has 3 aromatic rings.